The molecule has 0 saturated heterocycles. The molecule has 4 nitrogen and oxygen atoms in total. The number of nitrogen functional groups attached to an aromatic ring is 1. The lowest BCUT2D eigenvalue weighted by Crippen LogP contribution is -1.94. The van der Waals surface area contributed by atoms with Crippen LogP contribution in [-0.4, -0.2) is 17.1 Å². The Morgan fingerprint density at radius 2 is 1.84 bits per heavy atom. The predicted molar refractivity (Wildman–Crippen MR) is 75.9 cm³/mol. The van der Waals surface area contributed by atoms with Crippen molar-refractivity contribution in [2.24, 2.45) is 0 Å². The predicted octanol–water partition coefficient (Wildman–Crippen LogP) is 2.89. The number of nitrogens with two attached hydrogens (primary N) is 1. The third kappa shape index (κ3) is 2.08. The van der Waals surface area contributed by atoms with Crippen LogP contribution in [0.1, 0.15) is 0 Å². The number of anilines is 1. The summed E-state index contributed by atoms with van der Waals surface area (Å²) < 4.78 is 5.17. The van der Waals surface area contributed by atoms with E-state index >= 15 is 0 Å². The van der Waals surface area contributed by atoms with Gasteiger partial charge in [-0.3, -0.25) is 0 Å². The van der Waals surface area contributed by atoms with E-state index in [4.69, 9.17) is 10.5 Å². The van der Waals surface area contributed by atoms with Crippen molar-refractivity contribution in [1.82, 2.24) is 9.97 Å². The number of ether oxygens (including phenoxy) is 1. The second-order valence-electron chi connectivity index (χ2n) is 4.20. The Hall–Kier alpha value is -2.62. The Morgan fingerprint density at radius 1 is 1.05 bits per heavy atom. The van der Waals surface area contributed by atoms with Gasteiger partial charge in [0.1, 0.15) is 5.75 Å². The molecule has 2 N–H and O–H groups in total. The van der Waals surface area contributed by atoms with E-state index in [-0.39, 0.29) is 0 Å². The average Bonchev–Trinajstić information content (AvgIpc) is 2.46. The number of benzene rings is 2. The first-order valence-corrected chi connectivity index (χ1v) is 5.93. The van der Waals surface area contributed by atoms with E-state index in [0.29, 0.717) is 5.95 Å². The molecule has 0 atom stereocenters. The van der Waals surface area contributed by atoms with Gasteiger partial charge in [0, 0.05) is 11.6 Å². The third-order valence-corrected chi connectivity index (χ3v) is 3.05. The monoisotopic (exact) mass is 251 g/mol. The highest BCUT2D eigenvalue weighted by molar-refractivity contribution is 5.94. The Kier molecular flexibility index (Phi) is 2.76. The summed E-state index contributed by atoms with van der Waals surface area (Å²) in [7, 11) is 1.66. The lowest BCUT2D eigenvalue weighted by molar-refractivity contribution is 0.415. The molecule has 0 fully saturated rings. The smallest absolute Gasteiger partial charge is 0.220 e. The highest BCUT2D eigenvalue weighted by atomic mass is 16.5. The molecule has 1 heterocycles. The van der Waals surface area contributed by atoms with Crippen molar-refractivity contribution in [2.75, 3.05) is 12.8 Å². The van der Waals surface area contributed by atoms with Gasteiger partial charge in [0.25, 0.3) is 0 Å². The minimum atomic E-state index is 0.291. The van der Waals surface area contributed by atoms with E-state index < -0.39 is 0 Å². The van der Waals surface area contributed by atoms with Crippen molar-refractivity contribution in [1.29, 1.82) is 0 Å². The molecule has 0 amide bonds. The minimum Gasteiger partial charge on any atom is -0.497 e. The molecule has 0 aliphatic heterocycles. The number of nitrogens with zero attached hydrogens (tertiary/aromatic N) is 2. The van der Waals surface area contributed by atoms with Crippen LogP contribution in [-0.2, 0) is 0 Å². The van der Waals surface area contributed by atoms with Gasteiger partial charge in [-0.05, 0) is 29.3 Å². The third-order valence-electron chi connectivity index (χ3n) is 3.05. The molecule has 0 spiro atoms. The van der Waals surface area contributed by atoms with Gasteiger partial charge in [-0.2, -0.15) is 0 Å². The summed E-state index contributed by atoms with van der Waals surface area (Å²) >= 11 is 0. The zero-order chi connectivity index (χ0) is 13.2. The quantitative estimate of drug-likeness (QED) is 0.760. The van der Waals surface area contributed by atoms with Gasteiger partial charge < -0.3 is 10.5 Å². The topological polar surface area (TPSA) is 61.0 Å². The highest BCUT2D eigenvalue weighted by Gasteiger charge is 2.05. The maximum Gasteiger partial charge on any atom is 0.220 e. The number of aromatic nitrogens is 2. The lowest BCUT2D eigenvalue weighted by atomic mass is 10.0. The largest absolute Gasteiger partial charge is 0.497 e. The SMILES string of the molecule is COc1ccc(-c2cccc3nc(N)ncc23)cc1. The summed E-state index contributed by atoms with van der Waals surface area (Å²) in [6.45, 7) is 0. The lowest BCUT2D eigenvalue weighted by Gasteiger charge is -2.07. The van der Waals surface area contributed by atoms with Crippen LogP contribution >= 0.6 is 0 Å². The maximum absolute atomic E-state index is 5.61. The van der Waals surface area contributed by atoms with Gasteiger partial charge >= 0.3 is 0 Å². The van der Waals surface area contributed by atoms with Gasteiger partial charge in [-0.25, -0.2) is 9.97 Å². The molecule has 2 aromatic carbocycles. The fraction of sp³-hybridized carbons (Fsp3) is 0.0667. The fourth-order valence-corrected chi connectivity index (χ4v) is 2.09. The van der Waals surface area contributed by atoms with Crippen molar-refractivity contribution >= 4 is 16.9 Å². The standard InChI is InChI=1S/C15H13N3O/c1-19-11-7-5-10(6-8-11)12-3-2-4-14-13(12)9-17-15(16)18-14/h2-9H,1H3,(H2,16,17,18). The molecular formula is C15H13N3O. The van der Waals surface area contributed by atoms with Crippen molar-refractivity contribution in [2.45, 2.75) is 0 Å². The summed E-state index contributed by atoms with van der Waals surface area (Å²) in [4.78, 5) is 8.31. The van der Waals surface area contributed by atoms with E-state index in [9.17, 15) is 0 Å². The van der Waals surface area contributed by atoms with E-state index in [0.717, 1.165) is 27.8 Å². The molecular weight excluding hydrogens is 238 g/mol. The van der Waals surface area contributed by atoms with E-state index in [2.05, 4.69) is 9.97 Å². The number of fused-ring (bicyclic) bond motifs is 1. The van der Waals surface area contributed by atoms with Crippen LogP contribution in [0.25, 0.3) is 22.0 Å². The zero-order valence-electron chi connectivity index (χ0n) is 10.5. The molecule has 94 valence electrons. The molecule has 3 rings (SSSR count). The van der Waals surface area contributed by atoms with Crippen LogP contribution in [0.4, 0.5) is 5.95 Å². The first kappa shape index (κ1) is 11.5. The van der Waals surface area contributed by atoms with Crippen molar-refractivity contribution < 1.29 is 4.74 Å². The summed E-state index contributed by atoms with van der Waals surface area (Å²) in [5, 5.41) is 0.988. The molecule has 0 aliphatic carbocycles. The van der Waals surface area contributed by atoms with Crippen LogP contribution in [0.5, 0.6) is 5.75 Å². The molecule has 1 aromatic heterocycles. The molecule has 0 radical (unpaired) electrons. The second kappa shape index (κ2) is 4.57. The van der Waals surface area contributed by atoms with Crippen LogP contribution in [0.15, 0.2) is 48.7 Å². The maximum atomic E-state index is 5.61. The van der Waals surface area contributed by atoms with Crippen molar-refractivity contribution in [3.8, 4) is 16.9 Å². The van der Waals surface area contributed by atoms with E-state index in [1.54, 1.807) is 13.3 Å². The first-order valence-electron chi connectivity index (χ1n) is 5.93. The number of methoxy groups -OCH3 is 1. The van der Waals surface area contributed by atoms with Crippen molar-refractivity contribution in [3.63, 3.8) is 0 Å². The van der Waals surface area contributed by atoms with Crippen molar-refractivity contribution in [3.05, 3.63) is 48.7 Å². The summed E-state index contributed by atoms with van der Waals surface area (Å²) in [6, 6.07) is 13.9. The molecule has 3 aromatic rings. The molecule has 19 heavy (non-hydrogen) atoms. The normalized spacial score (nSPS) is 10.6. The Labute approximate surface area is 110 Å². The van der Waals surface area contributed by atoms with Crippen LogP contribution < -0.4 is 10.5 Å². The molecule has 0 saturated carbocycles. The number of hydrogen-bond acceptors (Lipinski definition) is 4. The Bertz CT molecular complexity index is 723. The zero-order valence-corrected chi connectivity index (χ0v) is 10.5. The van der Waals surface area contributed by atoms with Gasteiger partial charge in [-0.1, -0.05) is 24.3 Å². The molecule has 4 heteroatoms. The van der Waals surface area contributed by atoms with E-state index in [1.165, 1.54) is 0 Å². The molecule has 0 unspecified atom stereocenters. The highest BCUT2D eigenvalue weighted by Crippen LogP contribution is 2.28. The molecule has 0 bridgehead atoms. The summed E-state index contributed by atoms with van der Waals surface area (Å²) in [5.41, 5.74) is 8.64. The first-order chi connectivity index (χ1) is 9.28. The fourth-order valence-electron chi connectivity index (χ4n) is 2.09. The molecule has 0 aliphatic rings. The summed E-state index contributed by atoms with van der Waals surface area (Å²) in [6.07, 6.45) is 1.76. The van der Waals surface area contributed by atoms with Crippen LogP contribution in [0, 0.1) is 0 Å². The van der Waals surface area contributed by atoms with Gasteiger partial charge in [0.15, 0.2) is 0 Å². The van der Waals surface area contributed by atoms with E-state index in [1.807, 2.05) is 42.5 Å². The Morgan fingerprint density at radius 3 is 2.58 bits per heavy atom. The Balaban J connectivity index is 2.18. The van der Waals surface area contributed by atoms with Crippen LogP contribution in [0.3, 0.4) is 0 Å². The van der Waals surface area contributed by atoms with Gasteiger partial charge in [0.2, 0.25) is 5.95 Å². The minimum absolute atomic E-state index is 0.291. The van der Waals surface area contributed by atoms with Crippen LogP contribution in [0.2, 0.25) is 0 Å². The average molecular weight is 251 g/mol. The second-order valence-corrected chi connectivity index (χ2v) is 4.20. The number of hydrogen-bond donors (Lipinski definition) is 1. The number of rotatable bonds is 2. The van der Waals surface area contributed by atoms with Gasteiger partial charge in [0.05, 0.1) is 12.6 Å². The van der Waals surface area contributed by atoms with Gasteiger partial charge in [-0.15, -0.1) is 0 Å². The summed E-state index contributed by atoms with van der Waals surface area (Å²) in [5.74, 6) is 1.13.